The van der Waals surface area contributed by atoms with Crippen molar-refractivity contribution in [1.82, 2.24) is 0 Å². The first-order valence-corrected chi connectivity index (χ1v) is 8.29. The van der Waals surface area contributed by atoms with Gasteiger partial charge < -0.3 is 10.5 Å². The zero-order chi connectivity index (χ0) is 15.2. The van der Waals surface area contributed by atoms with E-state index in [-0.39, 0.29) is 0 Å². The summed E-state index contributed by atoms with van der Waals surface area (Å²) in [5.74, 6) is 0.895. The maximum atomic E-state index is 5.63. The van der Waals surface area contributed by atoms with Crippen LogP contribution >= 0.6 is 0 Å². The molecule has 3 nitrogen and oxygen atoms in total. The molecular formula is C18H30N2O. The SMILES string of the molecule is CCCCCCCCN=Cc1cccc(OCCCN)c1. The summed E-state index contributed by atoms with van der Waals surface area (Å²) in [6.07, 6.45) is 10.7. The number of rotatable bonds is 12. The largest absolute Gasteiger partial charge is 0.494 e. The number of hydrogen-bond donors (Lipinski definition) is 1. The molecule has 0 aromatic heterocycles. The van der Waals surface area contributed by atoms with Crippen molar-refractivity contribution in [2.45, 2.75) is 51.9 Å². The van der Waals surface area contributed by atoms with E-state index in [9.17, 15) is 0 Å². The minimum atomic E-state index is 0.666. The molecule has 21 heavy (non-hydrogen) atoms. The van der Waals surface area contributed by atoms with Crippen LogP contribution in [0.25, 0.3) is 0 Å². The van der Waals surface area contributed by atoms with E-state index in [0.29, 0.717) is 13.2 Å². The first kappa shape index (κ1) is 17.7. The van der Waals surface area contributed by atoms with E-state index in [1.54, 1.807) is 0 Å². The van der Waals surface area contributed by atoms with Gasteiger partial charge in [-0.05, 0) is 37.1 Å². The van der Waals surface area contributed by atoms with E-state index >= 15 is 0 Å². The Labute approximate surface area is 129 Å². The fraction of sp³-hybridized carbons (Fsp3) is 0.611. The number of nitrogens with zero attached hydrogens (tertiary/aromatic N) is 1. The van der Waals surface area contributed by atoms with Crippen LogP contribution in [0, 0.1) is 0 Å². The molecule has 0 aliphatic heterocycles. The first-order valence-electron chi connectivity index (χ1n) is 8.29. The monoisotopic (exact) mass is 290 g/mol. The van der Waals surface area contributed by atoms with Crippen molar-refractivity contribution in [3.63, 3.8) is 0 Å². The topological polar surface area (TPSA) is 47.6 Å². The third-order valence-electron chi connectivity index (χ3n) is 3.36. The molecule has 0 radical (unpaired) electrons. The Morgan fingerprint density at radius 3 is 2.71 bits per heavy atom. The van der Waals surface area contributed by atoms with Crippen LogP contribution in [0.3, 0.4) is 0 Å². The number of aliphatic imine (C=N–C) groups is 1. The fourth-order valence-corrected chi connectivity index (χ4v) is 2.11. The number of benzene rings is 1. The lowest BCUT2D eigenvalue weighted by molar-refractivity contribution is 0.313. The summed E-state index contributed by atoms with van der Waals surface area (Å²) in [7, 11) is 0. The second-order valence-electron chi connectivity index (χ2n) is 5.37. The highest BCUT2D eigenvalue weighted by Gasteiger charge is 1.95. The van der Waals surface area contributed by atoms with Gasteiger partial charge in [0.25, 0.3) is 0 Å². The predicted molar refractivity (Wildman–Crippen MR) is 91.4 cm³/mol. The van der Waals surface area contributed by atoms with Crippen LogP contribution in [-0.2, 0) is 0 Å². The molecule has 0 aliphatic rings. The second kappa shape index (κ2) is 12.4. The standard InChI is InChI=1S/C18H30N2O/c1-2-3-4-5-6-7-13-20-16-17-10-8-11-18(15-17)21-14-9-12-19/h8,10-11,15-16H,2-7,9,12-14,19H2,1H3. The van der Waals surface area contributed by atoms with Crippen LogP contribution in [-0.4, -0.2) is 25.9 Å². The van der Waals surface area contributed by atoms with Gasteiger partial charge in [-0.2, -0.15) is 0 Å². The van der Waals surface area contributed by atoms with Gasteiger partial charge in [-0.1, -0.05) is 51.2 Å². The van der Waals surface area contributed by atoms with E-state index in [1.807, 2.05) is 24.4 Å². The molecule has 0 fully saturated rings. The highest BCUT2D eigenvalue weighted by atomic mass is 16.5. The Balaban J connectivity index is 2.21. The van der Waals surface area contributed by atoms with E-state index < -0.39 is 0 Å². The van der Waals surface area contributed by atoms with Gasteiger partial charge in [0.05, 0.1) is 6.61 Å². The van der Waals surface area contributed by atoms with E-state index in [1.165, 1.54) is 38.5 Å². The molecule has 118 valence electrons. The molecule has 0 heterocycles. The van der Waals surface area contributed by atoms with E-state index in [0.717, 1.165) is 24.3 Å². The molecule has 1 aromatic carbocycles. The Hall–Kier alpha value is -1.35. The van der Waals surface area contributed by atoms with Crippen LogP contribution in [0.15, 0.2) is 29.3 Å². The lowest BCUT2D eigenvalue weighted by Crippen LogP contribution is -2.06. The molecule has 3 heteroatoms. The molecular weight excluding hydrogens is 260 g/mol. The molecule has 0 atom stereocenters. The molecule has 1 rings (SSSR count). The van der Waals surface area contributed by atoms with Crippen molar-refractivity contribution < 1.29 is 4.74 Å². The van der Waals surface area contributed by atoms with Gasteiger partial charge >= 0.3 is 0 Å². The summed E-state index contributed by atoms with van der Waals surface area (Å²) in [6, 6.07) is 8.06. The normalized spacial score (nSPS) is 11.1. The number of ether oxygens (including phenoxy) is 1. The molecule has 2 N–H and O–H groups in total. The molecule has 0 bridgehead atoms. The lowest BCUT2D eigenvalue weighted by Gasteiger charge is -2.05. The minimum Gasteiger partial charge on any atom is -0.494 e. The average Bonchev–Trinajstić information content (AvgIpc) is 2.51. The number of nitrogens with two attached hydrogens (primary N) is 1. The van der Waals surface area contributed by atoms with Crippen LogP contribution in [0.5, 0.6) is 5.75 Å². The molecule has 0 aliphatic carbocycles. The second-order valence-corrected chi connectivity index (χ2v) is 5.37. The lowest BCUT2D eigenvalue weighted by atomic mass is 10.1. The van der Waals surface area contributed by atoms with Crippen molar-refractivity contribution in [3.8, 4) is 5.75 Å². The number of unbranched alkanes of at least 4 members (excludes halogenated alkanes) is 5. The minimum absolute atomic E-state index is 0.666. The molecule has 0 saturated carbocycles. The fourth-order valence-electron chi connectivity index (χ4n) is 2.11. The maximum absolute atomic E-state index is 5.63. The summed E-state index contributed by atoms with van der Waals surface area (Å²) < 4.78 is 5.63. The highest BCUT2D eigenvalue weighted by molar-refractivity contribution is 5.80. The third-order valence-corrected chi connectivity index (χ3v) is 3.36. The summed E-state index contributed by atoms with van der Waals surface area (Å²) in [4.78, 5) is 4.50. The Morgan fingerprint density at radius 1 is 1.10 bits per heavy atom. The summed E-state index contributed by atoms with van der Waals surface area (Å²) in [5, 5.41) is 0. The molecule has 0 amide bonds. The average molecular weight is 290 g/mol. The van der Waals surface area contributed by atoms with Crippen molar-refractivity contribution in [2.24, 2.45) is 10.7 Å². The highest BCUT2D eigenvalue weighted by Crippen LogP contribution is 2.12. The maximum Gasteiger partial charge on any atom is 0.119 e. The first-order chi connectivity index (χ1) is 10.4. The molecule has 1 aromatic rings. The van der Waals surface area contributed by atoms with Crippen molar-refractivity contribution in [1.29, 1.82) is 0 Å². The van der Waals surface area contributed by atoms with E-state index in [2.05, 4.69) is 18.0 Å². The smallest absolute Gasteiger partial charge is 0.119 e. The third kappa shape index (κ3) is 9.24. The van der Waals surface area contributed by atoms with Gasteiger partial charge in [-0.25, -0.2) is 0 Å². The molecule has 0 unspecified atom stereocenters. The van der Waals surface area contributed by atoms with Crippen molar-refractivity contribution in [3.05, 3.63) is 29.8 Å². The van der Waals surface area contributed by atoms with Gasteiger partial charge in [-0.15, -0.1) is 0 Å². The van der Waals surface area contributed by atoms with Crippen LogP contribution in [0.4, 0.5) is 0 Å². The Kier molecular flexibility index (Phi) is 10.4. The van der Waals surface area contributed by atoms with Gasteiger partial charge in [0.15, 0.2) is 0 Å². The predicted octanol–water partition coefficient (Wildman–Crippen LogP) is 4.19. The van der Waals surface area contributed by atoms with Crippen molar-refractivity contribution in [2.75, 3.05) is 19.7 Å². The zero-order valence-corrected chi connectivity index (χ0v) is 13.4. The number of hydrogen-bond acceptors (Lipinski definition) is 3. The van der Waals surface area contributed by atoms with Crippen LogP contribution < -0.4 is 10.5 Å². The van der Waals surface area contributed by atoms with Gasteiger partial charge in [0.2, 0.25) is 0 Å². The zero-order valence-electron chi connectivity index (χ0n) is 13.4. The van der Waals surface area contributed by atoms with Crippen LogP contribution in [0.1, 0.15) is 57.4 Å². The quantitative estimate of drug-likeness (QED) is 0.463. The Bertz CT molecular complexity index is 391. The Morgan fingerprint density at radius 2 is 1.90 bits per heavy atom. The van der Waals surface area contributed by atoms with E-state index in [4.69, 9.17) is 10.5 Å². The van der Waals surface area contributed by atoms with Crippen molar-refractivity contribution >= 4 is 6.21 Å². The van der Waals surface area contributed by atoms with Crippen LogP contribution in [0.2, 0.25) is 0 Å². The summed E-state index contributed by atoms with van der Waals surface area (Å²) >= 11 is 0. The van der Waals surface area contributed by atoms with Gasteiger partial charge in [0, 0.05) is 12.8 Å². The van der Waals surface area contributed by atoms with Gasteiger partial charge in [0.1, 0.15) is 5.75 Å². The summed E-state index contributed by atoms with van der Waals surface area (Å²) in [6.45, 7) is 4.51. The molecule has 0 spiro atoms. The van der Waals surface area contributed by atoms with Gasteiger partial charge in [-0.3, -0.25) is 4.99 Å². The summed E-state index contributed by atoms with van der Waals surface area (Å²) in [5.41, 5.74) is 6.56. The molecule has 0 saturated heterocycles.